The van der Waals surface area contributed by atoms with Crippen molar-refractivity contribution in [3.63, 3.8) is 0 Å². The summed E-state index contributed by atoms with van der Waals surface area (Å²) in [6, 6.07) is 12.7. The largest absolute Gasteiger partial charge is 0.507 e. The van der Waals surface area contributed by atoms with Crippen molar-refractivity contribution in [3.8, 4) is 5.75 Å². The Morgan fingerprint density at radius 3 is 2.71 bits per heavy atom. The monoisotopic (exact) mass is 458 g/mol. The highest BCUT2D eigenvalue weighted by Crippen LogP contribution is 2.17. The second kappa shape index (κ2) is 7.56. The van der Waals surface area contributed by atoms with Crippen molar-refractivity contribution in [2.24, 2.45) is 5.10 Å². The van der Waals surface area contributed by atoms with Gasteiger partial charge in [-0.05, 0) is 58.5 Å². The number of nitrogens with one attached hydrogen (secondary N) is 1. The molecule has 108 valence electrons. The SMILES string of the molecule is O=C(Cc1ccc(Br)cc1)NN=Cc1cc(I)ccc1O. The molecule has 0 atom stereocenters. The van der Waals surface area contributed by atoms with Gasteiger partial charge in [0.05, 0.1) is 12.6 Å². The van der Waals surface area contributed by atoms with Gasteiger partial charge in [-0.3, -0.25) is 4.79 Å². The average molecular weight is 459 g/mol. The smallest absolute Gasteiger partial charge is 0.244 e. The van der Waals surface area contributed by atoms with E-state index in [1.54, 1.807) is 18.2 Å². The van der Waals surface area contributed by atoms with Crippen LogP contribution in [0.5, 0.6) is 5.75 Å². The van der Waals surface area contributed by atoms with Crippen LogP contribution in [0.1, 0.15) is 11.1 Å². The summed E-state index contributed by atoms with van der Waals surface area (Å²) in [5.74, 6) is -0.0833. The first-order chi connectivity index (χ1) is 10.0. The first-order valence-corrected chi connectivity index (χ1v) is 7.96. The average Bonchev–Trinajstić information content (AvgIpc) is 2.45. The Morgan fingerprint density at radius 2 is 2.00 bits per heavy atom. The summed E-state index contributed by atoms with van der Waals surface area (Å²) in [6.45, 7) is 0. The van der Waals surface area contributed by atoms with Crippen LogP contribution in [0.15, 0.2) is 52.0 Å². The topological polar surface area (TPSA) is 61.7 Å². The number of phenolic OH excluding ortho intramolecular Hbond substituents is 1. The zero-order valence-corrected chi connectivity index (χ0v) is 14.6. The number of nitrogens with zero attached hydrogens (tertiary/aromatic N) is 1. The number of benzene rings is 2. The number of carbonyl (C=O) groups is 1. The van der Waals surface area contributed by atoms with Gasteiger partial charge >= 0.3 is 0 Å². The molecule has 0 radical (unpaired) electrons. The van der Waals surface area contributed by atoms with Crippen molar-refractivity contribution < 1.29 is 9.90 Å². The van der Waals surface area contributed by atoms with Crippen molar-refractivity contribution in [1.29, 1.82) is 0 Å². The summed E-state index contributed by atoms with van der Waals surface area (Å²) in [7, 11) is 0. The van der Waals surface area contributed by atoms with Gasteiger partial charge in [-0.1, -0.05) is 28.1 Å². The Labute approximate surface area is 144 Å². The fourth-order valence-corrected chi connectivity index (χ4v) is 2.41. The molecule has 0 fully saturated rings. The Balaban J connectivity index is 1.93. The van der Waals surface area contributed by atoms with E-state index in [4.69, 9.17) is 0 Å². The number of aromatic hydroxyl groups is 1. The lowest BCUT2D eigenvalue weighted by Gasteiger charge is -2.02. The summed E-state index contributed by atoms with van der Waals surface area (Å²) >= 11 is 5.48. The summed E-state index contributed by atoms with van der Waals surface area (Å²) in [6.07, 6.45) is 1.68. The first kappa shape index (κ1) is 16.0. The maximum Gasteiger partial charge on any atom is 0.244 e. The molecule has 2 aromatic rings. The Hall–Kier alpha value is -1.41. The molecule has 0 saturated heterocycles. The number of hydrogen-bond donors (Lipinski definition) is 2. The lowest BCUT2D eigenvalue weighted by Crippen LogP contribution is -2.19. The van der Waals surface area contributed by atoms with Crippen LogP contribution in [-0.4, -0.2) is 17.2 Å². The maximum absolute atomic E-state index is 11.7. The van der Waals surface area contributed by atoms with Crippen LogP contribution in [0.25, 0.3) is 0 Å². The molecule has 0 bridgehead atoms. The zero-order valence-electron chi connectivity index (χ0n) is 10.9. The first-order valence-electron chi connectivity index (χ1n) is 6.09. The highest BCUT2D eigenvalue weighted by Gasteiger charge is 2.02. The highest BCUT2D eigenvalue weighted by molar-refractivity contribution is 14.1. The van der Waals surface area contributed by atoms with Gasteiger partial charge in [-0.25, -0.2) is 5.43 Å². The Bertz CT molecular complexity index is 672. The molecule has 2 N–H and O–H groups in total. The third-order valence-electron chi connectivity index (χ3n) is 2.66. The summed E-state index contributed by atoms with van der Waals surface area (Å²) < 4.78 is 1.95. The standard InChI is InChI=1S/C15H12BrIN2O2/c16-12-3-1-10(2-4-12)7-15(21)19-18-9-11-8-13(17)5-6-14(11)20/h1-6,8-9,20H,7H2,(H,19,21). The van der Waals surface area contributed by atoms with Crippen LogP contribution in [0.2, 0.25) is 0 Å². The molecule has 6 heteroatoms. The molecule has 0 aliphatic rings. The number of hydrogen-bond acceptors (Lipinski definition) is 3. The van der Waals surface area contributed by atoms with E-state index < -0.39 is 0 Å². The van der Waals surface area contributed by atoms with E-state index >= 15 is 0 Å². The van der Waals surface area contributed by atoms with Gasteiger partial charge < -0.3 is 5.11 Å². The summed E-state index contributed by atoms with van der Waals surface area (Å²) in [5.41, 5.74) is 3.91. The summed E-state index contributed by atoms with van der Waals surface area (Å²) in [5, 5.41) is 13.5. The molecule has 0 spiro atoms. The molecular formula is C15H12BrIN2O2. The van der Waals surface area contributed by atoms with E-state index in [0.29, 0.717) is 5.56 Å². The van der Waals surface area contributed by atoms with E-state index in [-0.39, 0.29) is 18.1 Å². The van der Waals surface area contributed by atoms with Gasteiger partial charge in [-0.15, -0.1) is 0 Å². The number of phenols is 1. The molecule has 4 nitrogen and oxygen atoms in total. The minimum absolute atomic E-state index is 0.126. The predicted molar refractivity (Wildman–Crippen MR) is 94.4 cm³/mol. The molecule has 2 aromatic carbocycles. The fourth-order valence-electron chi connectivity index (χ4n) is 1.63. The maximum atomic E-state index is 11.7. The minimum atomic E-state index is -0.210. The third kappa shape index (κ3) is 5.13. The number of amides is 1. The Kier molecular flexibility index (Phi) is 5.75. The van der Waals surface area contributed by atoms with Crippen LogP contribution in [-0.2, 0) is 11.2 Å². The molecule has 0 aromatic heterocycles. The lowest BCUT2D eigenvalue weighted by atomic mass is 10.1. The van der Waals surface area contributed by atoms with Crippen LogP contribution in [0.3, 0.4) is 0 Å². The van der Waals surface area contributed by atoms with E-state index in [9.17, 15) is 9.90 Å². The van der Waals surface area contributed by atoms with Crippen molar-refractivity contribution >= 4 is 50.6 Å². The van der Waals surface area contributed by atoms with Gasteiger partial charge in [0.1, 0.15) is 5.75 Å². The second-order valence-electron chi connectivity index (χ2n) is 4.30. The number of carbonyl (C=O) groups excluding carboxylic acids is 1. The van der Waals surface area contributed by atoms with Crippen LogP contribution in [0.4, 0.5) is 0 Å². The van der Waals surface area contributed by atoms with E-state index in [0.717, 1.165) is 13.6 Å². The van der Waals surface area contributed by atoms with Crippen molar-refractivity contribution in [2.45, 2.75) is 6.42 Å². The van der Waals surface area contributed by atoms with Gasteiger partial charge in [0.25, 0.3) is 0 Å². The van der Waals surface area contributed by atoms with Gasteiger partial charge in [-0.2, -0.15) is 5.10 Å². The predicted octanol–water partition coefficient (Wildman–Crippen LogP) is 3.45. The molecule has 1 amide bonds. The number of rotatable bonds is 4. The van der Waals surface area contributed by atoms with E-state index in [1.807, 2.05) is 24.3 Å². The molecule has 0 unspecified atom stereocenters. The van der Waals surface area contributed by atoms with Crippen LogP contribution >= 0.6 is 38.5 Å². The number of halogens is 2. The quantitative estimate of drug-likeness (QED) is 0.418. The van der Waals surface area contributed by atoms with Gasteiger partial charge in [0.2, 0.25) is 5.91 Å². The van der Waals surface area contributed by atoms with Crippen molar-refractivity contribution in [3.05, 3.63) is 61.6 Å². The Morgan fingerprint density at radius 1 is 1.29 bits per heavy atom. The number of hydrazone groups is 1. The molecule has 2 rings (SSSR count). The third-order valence-corrected chi connectivity index (χ3v) is 3.86. The van der Waals surface area contributed by atoms with Crippen molar-refractivity contribution in [2.75, 3.05) is 0 Å². The minimum Gasteiger partial charge on any atom is -0.507 e. The van der Waals surface area contributed by atoms with Gasteiger partial charge in [0.15, 0.2) is 0 Å². The van der Waals surface area contributed by atoms with Crippen LogP contribution < -0.4 is 5.43 Å². The fraction of sp³-hybridized carbons (Fsp3) is 0.0667. The van der Waals surface area contributed by atoms with Crippen molar-refractivity contribution in [1.82, 2.24) is 5.43 Å². The second-order valence-corrected chi connectivity index (χ2v) is 6.46. The molecule has 0 aliphatic carbocycles. The molecule has 0 saturated carbocycles. The molecule has 0 heterocycles. The zero-order chi connectivity index (χ0) is 15.2. The van der Waals surface area contributed by atoms with E-state index in [2.05, 4.69) is 49.0 Å². The summed E-state index contributed by atoms with van der Waals surface area (Å²) in [4.78, 5) is 11.7. The molecule has 0 aliphatic heterocycles. The van der Waals surface area contributed by atoms with Crippen LogP contribution in [0, 0.1) is 3.57 Å². The highest BCUT2D eigenvalue weighted by atomic mass is 127. The van der Waals surface area contributed by atoms with E-state index in [1.165, 1.54) is 6.21 Å². The molecular weight excluding hydrogens is 447 g/mol. The lowest BCUT2D eigenvalue weighted by molar-refractivity contribution is -0.120. The molecule has 21 heavy (non-hydrogen) atoms. The normalized spacial score (nSPS) is 10.8. The van der Waals surface area contributed by atoms with Gasteiger partial charge in [0, 0.05) is 13.6 Å².